The van der Waals surface area contributed by atoms with E-state index in [2.05, 4.69) is 37.5 Å². The normalized spacial score (nSPS) is 9.65. The highest BCUT2D eigenvalue weighted by Crippen LogP contribution is 2.21. The first-order valence-corrected chi connectivity index (χ1v) is 5.79. The van der Waals surface area contributed by atoms with E-state index in [1.54, 1.807) is 12.3 Å². The van der Waals surface area contributed by atoms with Crippen molar-refractivity contribution in [1.29, 1.82) is 5.26 Å². The van der Waals surface area contributed by atoms with E-state index in [0.29, 0.717) is 12.1 Å². The number of rotatable bonds is 3. The maximum absolute atomic E-state index is 8.80. The van der Waals surface area contributed by atoms with Crippen LogP contribution in [0.3, 0.4) is 0 Å². The van der Waals surface area contributed by atoms with Gasteiger partial charge in [0.25, 0.3) is 0 Å². The standard InChI is InChI=1S/C12H9BrN4/c13-12-6-10(4-3-9(12)7-14)15-8-11-2-1-5-16-17-11/h1-6,15H,8H2. The Hall–Kier alpha value is -1.93. The van der Waals surface area contributed by atoms with Crippen molar-refractivity contribution in [2.75, 3.05) is 5.32 Å². The van der Waals surface area contributed by atoms with Crippen LogP contribution in [0.1, 0.15) is 11.3 Å². The Morgan fingerprint density at radius 1 is 1.35 bits per heavy atom. The molecule has 0 fully saturated rings. The molecular formula is C12H9BrN4. The van der Waals surface area contributed by atoms with Crippen molar-refractivity contribution in [1.82, 2.24) is 10.2 Å². The number of hydrogen-bond acceptors (Lipinski definition) is 4. The van der Waals surface area contributed by atoms with Crippen LogP contribution < -0.4 is 5.32 Å². The summed E-state index contributed by atoms with van der Waals surface area (Å²) in [5.41, 5.74) is 2.42. The fourth-order valence-electron chi connectivity index (χ4n) is 1.34. The van der Waals surface area contributed by atoms with Gasteiger partial charge < -0.3 is 5.32 Å². The highest BCUT2D eigenvalue weighted by atomic mass is 79.9. The second-order valence-corrected chi connectivity index (χ2v) is 4.23. The number of benzene rings is 1. The molecule has 5 heteroatoms. The zero-order valence-corrected chi connectivity index (χ0v) is 10.5. The number of aromatic nitrogens is 2. The molecule has 2 rings (SSSR count). The quantitative estimate of drug-likeness (QED) is 0.943. The van der Waals surface area contributed by atoms with Crippen molar-refractivity contribution in [3.63, 3.8) is 0 Å². The molecule has 0 radical (unpaired) electrons. The third kappa shape index (κ3) is 3.02. The van der Waals surface area contributed by atoms with E-state index in [9.17, 15) is 0 Å². The van der Waals surface area contributed by atoms with Crippen LogP contribution in [0, 0.1) is 11.3 Å². The lowest BCUT2D eigenvalue weighted by atomic mass is 10.2. The van der Waals surface area contributed by atoms with E-state index in [-0.39, 0.29) is 0 Å². The molecule has 1 N–H and O–H groups in total. The van der Waals surface area contributed by atoms with Gasteiger partial charge in [0, 0.05) is 16.4 Å². The van der Waals surface area contributed by atoms with E-state index >= 15 is 0 Å². The van der Waals surface area contributed by atoms with Crippen LogP contribution in [0.15, 0.2) is 41.0 Å². The van der Waals surface area contributed by atoms with Crippen LogP contribution >= 0.6 is 15.9 Å². The van der Waals surface area contributed by atoms with Crippen LogP contribution in [-0.4, -0.2) is 10.2 Å². The SMILES string of the molecule is N#Cc1ccc(NCc2cccnn2)cc1Br. The Morgan fingerprint density at radius 3 is 2.88 bits per heavy atom. The van der Waals surface area contributed by atoms with Gasteiger partial charge in [-0.1, -0.05) is 0 Å². The van der Waals surface area contributed by atoms with Crippen molar-refractivity contribution in [2.45, 2.75) is 6.54 Å². The van der Waals surface area contributed by atoms with E-state index in [4.69, 9.17) is 5.26 Å². The third-order valence-corrected chi connectivity index (χ3v) is 2.85. The van der Waals surface area contributed by atoms with E-state index < -0.39 is 0 Å². The van der Waals surface area contributed by atoms with Crippen LogP contribution in [0.4, 0.5) is 5.69 Å². The topological polar surface area (TPSA) is 61.6 Å². The Bertz CT molecular complexity index is 548. The predicted molar refractivity (Wildman–Crippen MR) is 68.2 cm³/mol. The number of nitriles is 1. The summed E-state index contributed by atoms with van der Waals surface area (Å²) in [4.78, 5) is 0. The summed E-state index contributed by atoms with van der Waals surface area (Å²) in [5.74, 6) is 0. The van der Waals surface area contributed by atoms with Crippen molar-refractivity contribution < 1.29 is 0 Å². The first kappa shape index (κ1) is 11.6. The van der Waals surface area contributed by atoms with Gasteiger partial charge in [-0.15, -0.1) is 0 Å². The summed E-state index contributed by atoms with van der Waals surface area (Å²) in [7, 11) is 0. The van der Waals surface area contributed by atoms with Gasteiger partial charge in [0.2, 0.25) is 0 Å². The van der Waals surface area contributed by atoms with Gasteiger partial charge in [-0.05, 0) is 46.3 Å². The lowest BCUT2D eigenvalue weighted by molar-refractivity contribution is 0.925. The molecule has 0 amide bonds. The molecule has 1 aromatic carbocycles. The Morgan fingerprint density at radius 2 is 2.24 bits per heavy atom. The van der Waals surface area contributed by atoms with Gasteiger partial charge in [-0.25, -0.2) is 0 Å². The predicted octanol–water partition coefficient (Wildman–Crippen LogP) is 2.72. The fraction of sp³-hybridized carbons (Fsp3) is 0.0833. The lowest BCUT2D eigenvalue weighted by Gasteiger charge is -2.06. The van der Waals surface area contributed by atoms with Crippen LogP contribution in [0.5, 0.6) is 0 Å². The fourth-order valence-corrected chi connectivity index (χ4v) is 1.80. The zero-order chi connectivity index (χ0) is 12.1. The maximum Gasteiger partial charge on any atom is 0.100 e. The lowest BCUT2D eigenvalue weighted by Crippen LogP contribution is -2.02. The summed E-state index contributed by atoms with van der Waals surface area (Å²) in [6.07, 6.45) is 1.64. The van der Waals surface area contributed by atoms with Gasteiger partial charge in [0.1, 0.15) is 6.07 Å². The largest absolute Gasteiger partial charge is 0.379 e. The minimum atomic E-state index is 0.603. The molecular weight excluding hydrogens is 280 g/mol. The van der Waals surface area contributed by atoms with E-state index in [1.807, 2.05) is 24.3 Å². The molecule has 1 heterocycles. The number of hydrogen-bond donors (Lipinski definition) is 1. The van der Waals surface area contributed by atoms with Gasteiger partial charge in [0.15, 0.2) is 0 Å². The van der Waals surface area contributed by atoms with Crippen molar-refractivity contribution in [3.05, 3.63) is 52.3 Å². The molecule has 0 bridgehead atoms. The van der Waals surface area contributed by atoms with Crippen LogP contribution in [0.2, 0.25) is 0 Å². The van der Waals surface area contributed by atoms with Crippen LogP contribution in [-0.2, 0) is 6.54 Å². The Kier molecular flexibility index (Phi) is 3.68. The molecule has 0 spiro atoms. The molecule has 0 unspecified atom stereocenters. The molecule has 0 atom stereocenters. The van der Waals surface area contributed by atoms with Crippen molar-refractivity contribution in [2.24, 2.45) is 0 Å². The molecule has 0 saturated heterocycles. The summed E-state index contributed by atoms with van der Waals surface area (Å²) >= 11 is 3.34. The second kappa shape index (κ2) is 5.41. The number of nitrogens with zero attached hydrogens (tertiary/aromatic N) is 3. The third-order valence-electron chi connectivity index (χ3n) is 2.19. The van der Waals surface area contributed by atoms with E-state index in [1.165, 1.54) is 0 Å². The Labute approximate surface area is 107 Å². The highest BCUT2D eigenvalue weighted by molar-refractivity contribution is 9.10. The molecule has 0 aliphatic rings. The summed E-state index contributed by atoms with van der Waals surface area (Å²) in [5, 5.41) is 19.8. The molecule has 0 aliphatic carbocycles. The summed E-state index contributed by atoms with van der Waals surface area (Å²) in [6, 6.07) is 11.3. The maximum atomic E-state index is 8.80. The Balaban J connectivity index is 2.06. The van der Waals surface area contributed by atoms with Crippen molar-refractivity contribution >= 4 is 21.6 Å². The van der Waals surface area contributed by atoms with Gasteiger partial charge in [-0.2, -0.15) is 15.5 Å². The monoisotopic (exact) mass is 288 g/mol. The zero-order valence-electron chi connectivity index (χ0n) is 8.89. The number of halogens is 1. The first-order chi connectivity index (χ1) is 8.29. The molecule has 1 aromatic heterocycles. The molecule has 0 aliphatic heterocycles. The van der Waals surface area contributed by atoms with Crippen molar-refractivity contribution in [3.8, 4) is 6.07 Å². The molecule has 17 heavy (non-hydrogen) atoms. The van der Waals surface area contributed by atoms with Gasteiger partial charge in [-0.3, -0.25) is 0 Å². The number of anilines is 1. The van der Waals surface area contributed by atoms with Gasteiger partial charge >= 0.3 is 0 Å². The minimum Gasteiger partial charge on any atom is -0.379 e. The molecule has 0 saturated carbocycles. The second-order valence-electron chi connectivity index (χ2n) is 3.37. The summed E-state index contributed by atoms with van der Waals surface area (Å²) in [6.45, 7) is 0.603. The molecule has 2 aromatic rings. The molecule has 4 nitrogen and oxygen atoms in total. The van der Waals surface area contributed by atoms with Gasteiger partial charge in [0.05, 0.1) is 17.8 Å². The smallest absolute Gasteiger partial charge is 0.100 e. The highest BCUT2D eigenvalue weighted by Gasteiger charge is 2.00. The van der Waals surface area contributed by atoms with Crippen LogP contribution in [0.25, 0.3) is 0 Å². The average molecular weight is 289 g/mol. The number of nitrogens with one attached hydrogen (secondary N) is 1. The average Bonchev–Trinajstić information content (AvgIpc) is 2.38. The first-order valence-electron chi connectivity index (χ1n) is 4.99. The summed E-state index contributed by atoms with van der Waals surface area (Å²) < 4.78 is 0.782. The molecule has 84 valence electrons. The van der Waals surface area contributed by atoms with E-state index in [0.717, 1.165) is 15.9 Å². The minimum absolute atomic E-state index is 0.603.